The van der Waals surface area contributed by atoms with Crippen LogP contribution in [-0.2, 0) is 9.53 Å². The number of thioether (sulfide) groups is 1. The number of likely N-dealkylation sites (N-methyl/N-ethyl adjacent to an activating group) is 1. The van der Waals surface area contributed by atoms with Crippen molar-refractivity contribution in [3.05, 3.63) is 34.7 Å². The van der Waals surface area contributed by atoms with Crippen LogP contribution >= 0.6 is 11.8 Å². The summed E-state index contributed by atoms with van der Waals surface area (Å²) >= 11 is 0.980. The number of morpholine rings is 1. The molecule has 3 rings (SSSR count). The molecule has 0 bridgehead atoms. The SMILES string of the molecule is CN1C(=O)S/C(=C/c2ccc(N3CCOCC3)cc2)C1=O. The number of benzene rings is 1. The Labute approximate surface area is 127 Å². The van der Waals surface area contributed by atoms with E-state index in [-0.39, 0.29) is 11.1 Å². The molecule has 0 aliphatic carbocycles. The molecule has 2 aliphatic heterocycles. The van der Waals surface area contributed by atoms with E-state index in [2.05, 4.69) is 4.90 Å². The number of hydrogen-bond donors (Lipinski definition) is 0. The monoisotopic (exact) mass is 304 g/mol. The fraction of sp³-hybridized carbons (Fsp3) is 0.333. The van der Waals surface area contributed by atoms with E-state index < -0.39 is 0 Å². The van der Waals surface area contributed by atoms with Crippen molar-refractivity contribution in [2.45, 2.75) is 0 Å². The minimum atomic E-state index is -0.234. The van der Waals surface area contributed by atoms with Crippen LogP contribution in [0.5, 0.6) is 0 Å². The summed E-state index contributed by atoms with van der Waals surface area (Å²) in [5.74, 6) is -0.234. The molecule has 2 fully saturated rings. The van der Waals surface area contributed by atoms with Crippen molar-refractivity contribution in [1.29, 1.82) is 0 Å². The standard InChI is InChI=1S/C15H16N2O3S/c1-16-14(18)13(21-15(16)19)10-11-2-4-12(5-3-11)17-6-8-20-9-7-17/h2-5,10H,6-9H2,1H3/b13-10+. The first-order chi connectivity index (χ1) is 10.1. The number of carbonyl (C=O) groups excluding carboxylic acids is 2. The van der Waals surface area contributed by atoms with Crippen molar-refractivity contribution in [1.82, 2.24) is 4.90 Å². The maximum absolute atomic E-state index is 11.8. The van der Waals surface area contributed by atoms with E-state index in [9.17, 15) is 9.59 Å². The Kier molecular flexibility index (Phi) is 3.98. The van der Waals surface area contributed by atoms with Crippen molar-refractivity contribution >= 4 is 34.7 Å². The average Bonchev–Trinajstić information content (AvgIpc) is 2.76. The number of imide groups is 1. The lowest BCUT2D eigenvalue weighted by Crippen LogP contribution is -2.36. The van der Waals surface area contributed by atoms with Gasteiger partial charge in [-0.1, -0.05) is 12.1 Å². The summed E-state index contributed by atoms with van der Waals surface area (Å²) in [7, 11) is 1.50. The maximum atomic E-state index is 11.8. The highest BCUT2D eigenvalue weighted by molar-refractivity contribution is 8.18. The van der Waals surface area contributed by atoms with E-state index in [4.69, 9.17) is 4.74 Å². The second-order valence-corrected chi connectivity index (χ2v) is 5.92. The van der Waals surface area contributed by atoms with Gasteiger partial charge in [-0.25, -0.2) is 0 Å². The number of ether oxygens (including phenoxy) is 1. The maximum Gasteiger partial charge on any atom is 0.293 e. The van der Waals surface area contributed by atoms with Crippen LogP contribution < -0.4 is 4.90 Å². The minimum Gasteiger partial charge on any atom is -0.378 e. The van der Waals surface area contributed by atoms with Gasteiger partial charge in [0.25, 0.3) is 11.1 Å². The van der Waals surface area contributed by atoms with Crippen LogP contribution in [0.4, 0.5) is 10.5 Å². The van der Waals surface area contributed by atoms with Gasteiger partial charge in [0, 0.05) is 25.8 Å². The molecular formula is C15H16N2O3S. The molecule has 110 valence electrons. The van der Waals surface area contributed by atoms with E-state index in [1.165, 1.54) is 7.05 Å². The van der Waals surface area contributed by atoms with Crippen LogP contribution in [0.2, 0.25) is 0 Å². The zero-order valence-electron chi connectivity index (χ0n) is 11.7. The molecule has 21 heavy (non-hydrogen) atoms. The van der Waals surface area contributed by atoms with Crippen LogP contribution in [0.1, 0.15) is 5.56 Å². The second-order valence-electron chi connectivity index (χ2n) is 4.93. The fourth-order valence-corrected chi connectivity index (χ4v) is 3.13. The van der Waals surface area contributed by atoms with Gasteiger partial charge in [-0.3, -0.25) is 14.5 Å². The lowest BCUT2D eigenvalue weighted by molar-refractivity contribution is -0.121. The Hall–Kier alpha value is -1.79. The van der Waals surface area contributed by atoms with Crippen LogP contribution in [-0.4, -0.2) is 49.4 Å². The molecule has 0 radical (unpaired) electrons. The minimum absolute atomic E-state index is 0.226. The Bertz CT molecular complexity index is 591. The van der Waals surface area contributed by atoms with E-state index in [0.29, 0.717) is 4.91 Å². The topological polar surface area (TPSA) is 49.9 Å². The number of amides is 2. The normalized spacial score (nSPS) is 21.5. The van der Waals surface area contributed by atoms with Crippen molar-refractivity contribution in [3.63, 3.8) is 0 Å². The molecule has 1 aromatic carbocycles. The summed E-state index contributed by atoms with van der Waals surface area (Å²) in [4.78, 5) is 27.2. The van der Waals surface area contributed by atoms with Crippen LogP contribution in [0.25, 0.3) is 6.08 Å². The number of nitrogens with zero attached hydrogens (tertiary/aromatic N) is 2. The smallest absolute Gasteiger partial charge is 0.293 e. The zero-order valence-corrected chi connectivity index (χ0v) is 12.6. The number of anilines is 1. The first kappa shape index (κ1) is 14.2. The Balaban J connectivity index is 1.75. The zero-order chi connectivity index (χ0) is 14.8. The third-order valence-corrected chi connectivity index (χ3v) is 4.51. The highest BCUT2D eigenvalue weighted by Crippen LogP contribution is 2.31. The summed E-state index contributed by atoms with van der Waals surface area (Å²) in [6, 6.07) is 8.00. The summed E-state index contributed by atoms with van der Waals surface area (Å²) in [6.07, 6.45) is 1.76. The van der Waals surface area contributed by atoms with Crippen LogP contribution in [0, 0.1) is 0 Å². The molecule has 0 unspecified atom stereocenters. The lowest BCUT2D eigenvalue weighted by Gasteiger charge is -2.28. The van der Waals surface area contributed by atoms with Crippen molar-refractivity contribution in [2.75, 3.05) is 38.3 Å². The lowest BCUT2D eigenvalue weighted by atomic mass is 10.1. The van der Waals surface area contributed by atoms with Crippen molar-refractivity contribution in [2.24, 2.45) is 0 Å². The van der Waals surface area contributed by atoms with Crippen LogP contribution in [0.3, 0.4) is 0 Å². The highest BCUT2D eigenvalue weighted by atomic mass is 32.2. The highest BCUT2D eigenvalue weighted by Gasteiger charge is 2.31. The molecule has 1 aromatic rings. The Morgan fingerprint density at radius 3 is 2.38 bits per heavy atom. The van der Waals surface area contributed by atoms with E-state index in [1.807, 2.05) is 24.3 Å². The second kappa shape index (κ2) is 5.91. The molecule has 0 spiro atoms. The van der Waals surface area contributed by atoms with Gasteiger partial charge >= 0.3 is 0 Å². The molecule has 6 heteroatoms. The molecule has 2 heterocycles. The van der Waals surface area contributed by atoms with Gasteiger partial charge in [0.2, 0.25) is 0 Å². The van der Waals surface area contributed by atoms with Crippen molar-refractivity contribution in [3.8, 4) is 0 Å². The predicted molar refractivity (Wildman–Crippen MR) is 83.2 cm³/mol. The first-order valence-electron chi connectivity index (χ1n) is 6.79. The van der Waals surface area contributed by atoms with Gasteiger partial charge < -0.3 is 9.64 Å². The fourth-order valence-electron chi connectivity index (χ4n) is 2.30. The molecule has 0 N–H and O–H groups in total. The number of hydrogen-bond acceptors (Lipinski definition) is 5. The van der Waals surface area contributed by atoms with E-state index >= 15 is 0 Å². The Morgan fingerprint density at radius 2 is 1.81 bits per heavy atom. The third kappa shape index (κ3) is 2.96. The Morgan fingerprint density at radius 1 is 1.14 bits per heavy atom. The van der Waals surface area contributed by atoms with Gasteiger partial charge in [-0.15, -0.1) is 0 Å². The predicted octanol–water partition coefficient (Wildman–Crippen LogP) is 2.19. The van der Waals surface area contributed by atoms with E-state index in [0.717, 1.165) is 54.2 Å². The molecule has 5 nitrogen and oxygen atoms in total. The molecular weight excluding hydrogens is 288 g/mol. The number of carbonyl (C=O) groups is 2. The van der Waals surface area contributed by atoms with Crippen LogP contribution in [0.15, 0.2) is 29.2 Å². The van der Waals surface area contributed by atoms with Gasteiger partial charge in [0.15, 0.2) is 0 Å². The van der Waals surface area contributed by atoms with Crippen molar-refractivity contribution < 1.29 is 14.3 Å². The van der Waals surface area contributed by atoms with Gasteiger partial charge in [-0.2, -0.15) is 0 Å². The summed E-state index contributed by atoms with van der Waals surface area (Å²) in [6.45, 7) is 3.30. The average molecular weight is 304 g/mol. The molecule has 2 aliphatic rings. The summed E-state index contributed by atoms with van der Waals surface area (Å²) in [5.41, 5.74) is 2.07. The van der Waals surface area contributed by atoms with Gasteiger partial charge in [0.05, 0.1) is 18.1 Å². The molecule has 2 amide bonds. The summed E-state index contributed by atoms with van der Waals surface area (Å²) < 4.78 is 5.34. The quantitative estimate of drug-likeness (QED) is 0.784. The van der Waals surface area contributed by atoms with E-state index in [1.54, 1.807) is 6.08 Å². The first-order valence-corrected chi connectivity index (χ1v) is 7.61. The largest absolute Gasteiger partial charge is 0.378 e. The molecule has 0 saturated carbocycles. The molecule has 2 saturated heterocycles. The summed E-state index contributed by atoms with van der Waals surface area (Å²) in [5, 5.41) is -0.226. The van der Waals surface area contributed by atoms with Gasteiger partial charge in [0.1, 0.15) is 0 Å². The van der Waals surface area contributed by atoms with Gasteiger partial charge in [-0.05, 0) is 35.5 Å². The third-order valence-electron chi connectivity index (χ3n) is 3.55. The molecule has 0 atom stereocenters. The number of rotatable bonds is 2. The molecule has 0 aromatic heterocycles.